The maximum absolute atomic E-state index is 13.9. The van der Waals surface area contributed by atoms with Gasteiger partial charge in [-0.05, 0) is 53.8 Å². The molecule has 7 rings (SSSR count). The second-order valence-corrected chi connectivity index (χ2v) is 11.1. The maximum atomic E-state index is 13.9. The molecule has 0 radical (unpaired) electrons. The highest BCUT2D eigenvalue weighted by Gasteiger charge is 2.32. The summed E-state index contributed by atoms with van der Waals surface area (Å²) in [6.45, 7) is -0.00164. The number of halogens is 1. The average Bonchev–Trinajstić information content (AvgIpc) is 3.51. The first kappa shape index (κ1) is 23.1. The Balaban J connectivity index is 1.48. The molecule has 0 amide bonds. The van der Waals surface area contributed by atoms with E-state index in [0.29, 0.717) is 20.8 Å². The fourth-order valence-corrected chi connectivity index (χ4v) is 6.59. The highest BCUT2D eigenvalue weighted by Crippen LogP contribution is 2.42. The Morgan fingerprint density at radius 1 is 1.08 bits per heavy atom. The molecular formula is C28H18BrN3O5S. The molecule has 0 fully saturated rings. The van der Waals surface area contributed by atoms with Crippen molar-refractivity contribution in [3.05, 3.63) is 123 Å². The average molecular weight is 588 g/mol. The fourth-order valence-electron chi connectivity index (χ4n) is 5.33. The monoisotopic (exact) mass is 587 g/mol. The lowest BCUT2D eigenvalue weighted by molar-refractivity contribution is -0.385. The molecule has 0 spiro atoms. The highest BCUT2D eigenvalue weighted by molar-refractivity contribution is 9.10. The fraction of sp³-hybridized carbons (Fsp3) is 0.143. The van der Waals surface area contributed by atoms with Crippen molar-refractivity contribution in [1.29, 1.82) is 0 Å². The molecular weight excluding hydrogens is 570 g/mol. The van der Waals surface area contributed by atoms with E-state index in [-0.39, 0.29) is 29.6 Å². The minimum Gasteiger partial charge on any atom is -0.454 e. The molecule has 0 saturated carbocycles. The van der Waals surface area contributed by atoms with E-state index in [0.717, 1.165) is 39.7 Å². The Morgan fingerprint density at radius 2 is 1.84 bits per heavy atom. The van der Waals surface area contributed by atoms with E-state index in [1.807, 2.05) is 36.4 Å². The molecule has 0 N–H and O–H groups in total. The van der Waals surface area contributed by atoms with Crippen LogP contribution in [-0.4, -0.2) is 16.3 Å². The van der Waals surface area contributed by atoms with Gasteiger partial charge in [-0.3, -0.25) is 19.5 Å². The van der Waals surface area contributed by atoms with Crippen LogP contribution in [-0.2, 0) is 6.42 Å². The van der Waals surface area contributed by atoms with Crippen LogP contribution in [0.15, 0.2) is 80.5 Å². The third-order valence-electron chi connectivity index (χ3n) is 7.06. The van der Waals surface area contributed by atoms with Gasteiger partial charge in [0.1, 0.15) is 0 Å². The predicted molar refractivity (Wildman–Crippen MR) is 146 cm³/mol. The van der Waals surface area contributed by atoms with Crippen LogP contribution in [0.2, 0.25) is 0 Å². The summed E-state index contributed by atoms with van der Waals surface area (Å²) in [4.78, 5) is 30.8. The number of hydrogen-bond acceptors (Lipinski definition) is 7. The maximum Gasteiger partial charge on any atom is 0.280 e. The lowest BCUT2D eigenvalue weighted by Crippen LogP contribution is -2.38. The van der Waals surface area contributed by atoms with Crippen molar-refractivity contribution in [2.24, 2.45) is 4.99 Å². The molecule has 10 heteroatoms. The van der Waals surface area contributed by atoms with Gasteiger partial charge < -0.3 is 9.47 Å². The van der Waals surface area contributed by atoms with Crippen LogP contribution in [0.5, 0.6) is 11.5 Å². The number of aryl methyl sites for hydroxylation is 1. The first-order valence-electron chi connectivity index (χ1n) is 11.9. The van der Waals surface area contributed by atoms with Crippen molar-refractivity contribution in [2.75, 3.05) is 6.79 Å². The molecule has 1 aromatic heterocycles. The Hall–Kier alpha value is -4.02. The molecule has 1 atom stereocenters. The molecule has 0 bridgehead atoms. The number of ether oxygens (including phenoxy) is 2. The number of aromatic nitrogens is 1. The summed E-state index contributed by atoms with van der Waals surface area (Å²) < 4.78 is 13.8. The molecule has 1 aliphatic carbocycles. The van der Waals surface area contributed by atoms with Crippen LogP contribution in [0, 0.1) is 10.1 Å². The zero-order chi connectivity index (χ0) is 26.0. The third kappa shape index (κ3) is 3.63. The molecule has 3 aromatic carbocycles. The number of fused-ring (bicyclic) bond motifs is 4. The van der Waals surface area contributed by atoms with Crippen molar-refractivity contribution in [3.63, 3.8) is 0 Å². The van der Waals surface area contributed by atoms with Gasteiger partial charge >= 0.3 is 0 Å². The van der Waals surface area contributed by atoms with Gasteiger partial charge in [-0.25, -0.2) is 4.99 Å². The van der Waals surface area contributed by atoms with Gasteiger partial charge in [0, 0.05) is 10.0 Å². The van der Waals surface area contributed by atoms with Crippen molar-refractivity contribution in [1.82, 2.24) is 4.57 Å². The topological polar surface area (TPSA) is 96.0 Å². The van der Waals surface area contributed by atoms with Gasteiger partial charge in [-0.2, -0.15) is 0 Å². The Kier molecular flexibility index (Phi) is 5.34. The number of rotatable bonds is 3. The standard InChI is InChI=1S/C28H18BrN3O5S/c29-18-8-5-16(6-9-18)26-20-10-7-15-3-1-2-4-19(15)25(20)30-28-31(26)27(33)24(38-28)12-17-11-22-23(37-14-36-22)13-21(17)32(34)35/h1-6,8-9,11-13,26H,7,10,14H2/b24-12+/t26-/m1/s1. The molecule has 0 unspecified atom stereocenters. The third-order valence-corrected chi connectivity index (χ3v) is 8.58. The van der Waals surface area contributed by atoms with Gasteiger partial charge in [0.05, 0.1) is 32.8 Å². The van der Waals surface area contributed by atoms with E-state index in [4.69, 9.17) is 14.5 Å². The molecule has 3 heterocycles. The van der Waals surface area contributed by atoms with Gasteiger partial charge in [-0.15, -0.1) is 0 Å². The van der Waals surface area contributed by atoms with Crippen LogP contribution in [0.4, 0.5) is 5.69 Å². The van der Waals surface area contributed by atoms with Gasteiger partial charge in [0.15, 0.2) is 16.3 Å². The first-order chi connectivity index (χ1) is 18.5. The molecule has 3 aliphatic rings. The number of allylic oxidation sites excluding steroid dienone is 1. The van der Waals surface area contributed by atoms with E-state index in [9.17, 15) is 14.9 Å². The first-order valence-corrected chi connectivity index (χ1v) is 13.6. The summed E-state index contributed by atoms with van der Waals surface area (Å²) in [7, 11) is 0. The lowest BCUT2D eigenvalue weighted by Gasteiger charge is -2.30. The smallest absolute Gasteiger partial charge is 0.280 e. The Morgan fingerprint density at radius 3 is 2.63 bits per heavy atom. The highest BCUT2D eigenvalue weighted by atomic mass is 79.9. The SMILES string of the molecule is O=c1/c(=C\c2cc3c(cc2[N+](=O)[O-])OCO3)sc2n1[C@H](c1ccc(Br)cc1)C1=C(N=2)c2ccccc2CC1. The van der Waals surface area contributed by atoms with E-state index < -0.39 is 4.92 Å². The summed E-state index contributed by atoms with van der Waals surface area (Å²) in [5.41, 5.74) is 5.19. The summed E-state index contributed by atoms with van der Waals surface area (Å²) in [6, 6.07) is 18.8. The number of nitro benzene ring substituents is 1. The predicted octanol–water partition coefficient (Wildman–Crippen LogP) is 4.72. The quantitative estimate of drug-likeness (QED) is 0.255. The van der Waals surface area contributed by atoms with Crippen LogP contribution >= 0.6 is 27.3 Å². The van der Waals surface area contributed by atoms with Crippen molar-refractivity contribution in [3.8, 4) is 11.5 Å². The van der Waals surface area contributed by atoms with Crippen LogP contribution < -0.4 is 24.4 Å². The summed E-state index contributed by atoms with van der Waals surface area (Å²) in [5.74, 6) is 0.728. The van der Waals surface area contributed by atoms with Crippen LogP contribution in [0.1, 0.15) is 34.7 Å². The molecule has 0 saturated heterocycles. The number of nitro groups is 1. The molecule has 188 valence electrons. The normalized spacial score (nSPS) is 17.5. The minimum atomic E-state index is -0.481. The minimum absolute atomic E-state index is 0.00164. The molecule has 38 heavy (non-hydrogen) atoms. The number of benzene rings is 3. The van der Waals surface area contributed by atoms with Crippen molar-refractivity contribution >= 4 is 44.7 Å². The molecule has 4 aromatic rings. The van der Waals surface area contributed by atoms with Gasteiger partial charge in [0.2, 0.25) is 6.79 Å². The zero-order valence-electron chi connectivity index (χ0n) is 19.7. The largest absolute Gasteiger partial charge is 0.454 e. The molecule has 8 nitrogen and oxygen atoms in total. The van der Waals surface area contributed by atoms with Crippen LogP contribution in [0.25, 0.3) is 11.8 Å². The van der Waals surface area contributed by atoms with E-state index in [2.05, 4.69) is 28.1 Å². The van der Waals surface area contributed by atoms with Crippen LogP contribution in [0.3, 0.4) is 0 Å². The van der Waals surface area contributed by atoms with E-state index in [1.165, 1.54) is 23.0 Å². The number of nitrogens with zero attached hydrogens (tertiary/aromatic N) is 3. The lowest BCUT2D eigenvalue weighted by atomic mass is 9.83. The van der Waals surface area contributed by atoms with Crippen molar-refractivity contribution < 1.29 is 14.4 Å². The second-order valence-electron chi connectivity index (χ2n) is 9.19. The summed E-state index contributed by atoms with van der Waals surface area (Å²) >= 11 is 4.74. The van der Waals surface area contributed by atoms with E-state index in [1.54, 1.807) is 16.7 Å². The summed E-state index contributed by atoms with van der Waals surface area (Å²) in [5, 5.41) is 11.8. The zero-order valence-corrected chi connectivity index (χ0v) is 22.1. The van der Waals surface area contributed by atoms with Gasteiger partial charge in [0.25, 0.3) is 11.2 Å². The second kappa shape index (κ2) is 8.78. The number of hydrogen-bond donors (Lipinski definition) is 0. The van der Waals surface area contributed by atoms with Gasteiger partial charge in [-0.1, -0.05) is 63.7 Å². The summed E-state index contributed by atoms with van der Waals surface area (Å²) in [6.07, 6.45) is 3.21. The Bertz CT molecular complexity index is 1870. The Labute approximate surface area is 228 Å². The molecule has 2 aliphatic heterocycles. The van der Waals surface area contributed by atoms with Crippen molar-refractivity contribution in [2.45, 2.75) is 18.9 Å². The number of thiazole rings is 1. The van der Waals surface area contributed by atoms with E-state index >= 15 is 0 Å².